The van der Waals surface area contributed by atoms with Crippen molar-refractivity contribution in [3.05, 3.63) is 24.0 Å². The number of aromatic nitrogens is 1. The number of hydrogen-bond acceptors (Lipinski definition) is 3. The molecule has 0 bridgehead atoms. The first-order chi connectivity index (χ1) is 6.59. The van der Waals surface area contributed by atoms with Crippen molar-refractivity contribution < 1.29 is 14.3 Å². The number of aromatic amines is 1. The van der Waals surface area contributed by atoms with E-state index in [1.165, 1.54) is 0 Å². The highest BCUT2D eigenvalue weighted by Crippen LogP contribution is 2.03. The van der Waals surface area contributed by atoms with E-state index in [9.17, 15) is 9.59 Å². The average molecular weight is 195 g/mol. The van der Waals surface area contributed by atoms with Gasteiger partial charge in [-0.15, -0.1) is 0 Å². The molecule has 4 nitrogen and oxygen atoms in total. The van der Waals surface area contributed by atoms with Crippen LogP contribution in [-0.2, 0) is 9.53 Å². The molecule has 0 atom stereocenters. The zero-order chi connectivity index (χ0) is 10.6. The Morgan fingerprint density at radius 1 is 1.50 bits per heavy atom. The maximum Gasteiger partial charge on any atom is 0.313 e. The van der Waals surface area contributed by atoms with Crippen molar-refractivity contribution in [2.75, 3.05) is 0 Å². The van der Waals surface area contributed by atoms with Gasteiger partial charge in [0.2, 0.25) is 0 Å². The predicted octanol–water partition coefficient (Wildman–Crippen LogP) is 1.54. The van der Waals surface area contributed by atoms with Crippen molar-refractivity contribution >= 4 is 11.8 Å². The van der Waals surface area contributed by atoms with Crippen LogP contribution in [0.2, 0.25) is 0 Å². The molecule has 0 unspecified atom stereocenters. The van der Waals surface area contributed by atoms with Crippen LogP contribution in [0.1, 0.15) is 30.6 Å². The number of hydrogen-bond donors (Lipinski definition) is 1. The number of H-pyrrole nitrogens is 1. The number of rotatable bonds is 4. The maximum absolute atomic E-state index is 11.4. The van der Waals surface area contributed by atoms with Gasteiger partial charge >= 0.3 is 5.97 Å². The van der Waals surface area contributed by atoms with Crippen molar-refractivity contribution in [3.8, 4) is 0 Å². The number of nitrogens with one attached hydrogen (secondary N) is 1. The molecule has 14 heavy (non-hydrogen) atoms. The maximum atomic E-state index is 11.4. The van der Waals surface area contributed by atoms with Crippen molar-refractivity contribution in [2.45, 2.75) is 26.4 Å². The molecule has 0 aliphatic heterocycles. The minimum absolute atomic E-state index is 0.179. The first-order valence-corrected chi connectivity index (χ1v) is 4.45. The fourth-order valence-electron chi connectivity index (χ4n) is 1.04. The van der Waals surface area contributed by atoms with Crippen LogP contribution in [0.5, 0.6) is 0 Å². The summed E-state index contributed by atoms with van der Waals surface area (Å²) in [7, 11) is 0. The first kappa shape index (κ1) is 10.5. The molecule has 76 valence electrons. The molecule has 0 saturated carbocycles. The lowest BCUT2D eigenvalue weighted by atomic mass is 10.2. The van der Waals surface area contributed by atoms with Crippen LogP contribution in [0.3, 0.4) is 0 Å². The molecule has 1 heterocycles. The fraction of sp³-hybridized carbons (Fsp3) is 0.400. The Morgan fingerprint density at radius 2 is 2.21 bits per heavy atom. The van der Waals surface area contributed by atoms with Gasteiger partial charge in [-0.3, -0.25) is 9.59 Å². The van der Waals surface area contributed by atoms with E-state index in [2.05, 4.69) is 4.98 Å². The van der Waals surface area contributed by atoms with E-state index in [0.29, 0.717) is 5.56 Å². The monoisotopic (exact) mass is 195 g/mol. The molecule has 0 saturated heterocycles. The van der Waals surface area contributed by atoms with Gasteiger partial charge in [0.05, 0.1) is 6.10 Å². The first-order valence-electron chi connectivity index (χ1n) is 4.45. The highest BCUT2D eigenvalue weighted by atomic mass is 16.5. The lowest BCUT2D eigenvalue weighted by molar-refractivity contribution is -0.146. The van der Waals surface area contributed by atoms with Crippen LogP contribution in [0.15, 0.2) is 18.5 Å². The largest absolute Gasteiger partial charge is 0.463 e. The molecule has 4 heteroatoms. The molecule has 1 rings (SSSR count). The van der Waals surface area contributed by atoms with Gasteiger partial charge in [-0.2, -0.15) is 0 Å². The van der Waals surface area contributed by atoms with Crippen molar-refractivity contribution in [2.24, 2.45) is 0 Å². The molecule has 1 N–H and O–H groups in total. The molecular formula is C10H13NO3. The van der Waals surface area contributed by atoms with Crippen molar-refractivity contribution in [1.82, 2.24) is 4.98 Å². The summed E-state index contributed by atoms with van der Waals surface area (Å²) in [5.41, 5.74) is 0.505. The van der Waals surface area contributed by atoms with Gasteiger partial charge in [0.25, 0.3) is 0 Å². The van der Waals surface area contributed by atoms with Gasteiger partial charge in [0.15, 0.2) is 5.78 Å². The third kappa shape index (κ3) is 3.05. The predicted molar refractivity (Wildman–Crippen MR) is 51.0 cm³/mol. The number of esters is 1. The van der Waals surface area contributed by atoms with E-state index in [0.717, 1.165) is 0 Å². The number of ether oxygens (including phenoxy) is 1. The normalized spacial score (nSPS) is 10.2. The van der Waals surface area contributed by atoms with Gasteiger partial charge in [0, 0.05) is 18.0 Å². The smallest absolute Gasteiger partial charge is 0.313 e. The van der Waals surface area contributed by atoms with Crippen LogP contribution in [0.4, 0.5) is 0 Å². The van der Waals surface area contributed by atoms with E-state index in [1.54, 1.807) is 32.3 Å². The van der Waals surface area contributed by atoms with E-state index in [1.807, 2.05) is 0 Å². The minimum atomic E-state index is -0.480. The number of carbonyl (C=O) groups is 2. The summed E-state index contributed by atoms with van der Waals surface area (Å²) in [5, 5.41) is 0. The third-order valence-corrected chi connectivity index (χ3v) is 1.59. The molecule has 0 aromatic carbocycles. The Morgan fingerprint density at radius 3 is 2.71 bits per heavy atom. The number of ketones is 1. The van der Waals surface area contributed by atoms with E-state index in [-0.39, 0.29) is 18.3 Å². The van der Waals surface area contributed by atoms with Crippen molar-refractivity contribution in [1.29, 1.82) is 0 Å². The number of carbonyl (C=O) groups excluding carboxylic acids is 2. The van der Waals surface area contributed by atoms with Crippen LogP contribution in [0.25, 0.3) is 0 Å². The summed E-state index contributed by atoms with van der Waals surface area (Å²) in [5.74, 6) is -0.705. The molecule has 0 fully saturated rings. The van der Waals surface area contributed by atoms with E-state index < -0.39 is 5.97 Å². The van der Waals surface area contributed by atoms with E-state index >= 15 is 0 Å². The Balaban J connectivity index is 2.46. The highest BCUT2D eigenvalue weighted by Gasteiger charge is 2.13. The van der Waals surface area contributed by atoms with Gasteiger partial charge in [-0.05, 0) is 19.9 Å². The molecule has 0 aliphatic carbocycles. The SMILES string of the molecule is CC(C)OC(=O)CC(=O)c1cc[nH]c1. The molecule has 0 radical (unpaired) electrons. The summed E-state index contributed by atoms with van der Waals surface area (Å²) >= 11 is 0. The highest BCUT2D eigenvalue weighted by molar-refractivity contribution is 6.05. The average Bonchev–Trinajstić information content (AvgIpc) is 2.53. The Kier molecular flexibility index (Phi) is 3.45. The Labute approximate surface area is 82.3 Å². The second-order valence-electron chi connectivity index (χ2n) is 3.24. The molecule has 1 aromatic heterocycles. The van der Waals surface area contributed by atoms with Crippen LogP contribution in [-0.4, -0.2) is 22.8 Å². The van der Waals surface area contributed by atoms with Crippen LogP contribution < -0.4 is 0 Å². The van der Waals surface area contributed by atoms with Crippen LogP contribution >= 0.6 is 0 Å². The molecular weight excluding hydrogens is 182 g/mol. The Bertz CT molecular complexity index is 314. The standard InChI is InChI=1S/C10H13NO3/c1-7(2)14-10(13)5-9(12)8-3-4-11-6-8/h3-4,6-7,11H,5H2,1-2H3. The second-order valence-corrected chi connectivity index (χ2v) is 3.24. The zero-order valence-electron chi connectivity index (χ0n) is 8.24. The van der Waals surface area contributed by atoms with Gasteiger partial charge in [-0.1, -0.05) is 0 Å². The summed E-state index contributed by atoms with van der Waals surface area (Å²) in [4.78, 5) is 25.2. The lowest BCUT2D eigenvalue weighted by Crippen LogP contribution is -2.15. The van der Waals surface area contributed by atoms with Crippen LogP contribution in [0, 0.1) is 0 Å². The molecule has 0 aliphatic rings. The number of Topliss-reactive ketones (excluding diaryl/α,β-unsaturated/α-hetero) is 1. The van der Waals surface area contributed by atoms with Crippen molar-refractivity contribution in [3.63, 3.8) is 0 Å². The third-order valence-electron chi connectivity index (χ3n) is 1.59. The fourth-order valence-corrected chi connectivity index (χ4v) is 1.04. The van der Waals surface area contributed by atoms with Gasteiger partial charge in [0.1, 0.15) is 6.42 Å². The van der Waals surface area contributed by atoms with Gasteiger partial charge in [-0.25, -0.2) is 0 Å². The molecule has 0 spiro atoms. The van der Waals surface area contributed by atoms with Gasteiger partial charge < -0.3 is 9.72 Å². The topological polar surface area (TPSA) is 59.2 Å². The summed E-state index contributed by atoms with van der Waals surface area (Å²) in [6.07, 6.45) is 2.82. The Hall–Kier alpha value is -1.58. The molecule has 0 amide bonds. The summed E-state index contributed by atoms with van der Waals surface area (Å²) in [6.45, 7) is 3.50. The molecule has 1 aromatic rings. The zero-order valence-corrected chi connectivity index (χ0v) is 8.24. The summed E-state index contributed by atoms with van der Waals surface area (Å²) in [6, 6.07) is 1.63. The quantitative estimate of drug-likeness (QED) is 0.450. The second kappa shape index (κ2) is 4.60. The van der Waals surface area contributed by atoms with E-state index in [4.69, 9.17) is 4.74 Å². The minimum Gasteiger partial charge on any atom is -0.463 e. The lowest BCUT2D eigenvalue weighted by Gasteiger charge is -2.06. The summed E-state index contributed by atoms with van der Waals surface area (Å²) < 4.78 is 4.85.